The number of carboxylic acid groups (broad SMARTS) is 2. The van der Waals surface area contributed by atoms with Gasteiger partial charge in [-0.15, -0.1) is 0 Å². The number of aromatic carboxylic acids is 2. The van der Waals surface area contributed by atoms with Gasteiger partial charge in [0.2, 0.25) is 0 Å². The van der Waals surface area contributed by atoms with Crippen LogP contribution in [0.5, 0.6) is 5.75 Å². The third-order valence-electron chi connectivity index (χ3n) is 3.18. The van der Waals surface area contributed by atoms with Gasteiger partial charge < -0.3 is 14.9 Å². The monoisotopic (exact) mass is 274 g/mol. The predicted octanol–water partition coefficient (Wildman–Crippen LogP) is 3.09. The van der Waals surface area contributed by atoms with Gasteiger partial charge in [0.15, 0.2) is 0 Å². The third-order valence-corrected chi connectivity index (χ3v) is 3.18. The van der Waals surface area contributed by atoms with Gasteiger partial charge in [-0.1, -0.05) is 6.58 Å². The van der Waals surface area contributed by atoms with Crippen molar-refractivity contribution in [3.63, 3.8) is 0 Å². The molecule has 0 heterocycles. The van der Waals surface area contributed by atoms with Crippen molar-refractivity contribution in [1.82, 2.24) is 0 Å². The van der Waals surface area contributed by atoms with Crippen molar-refractivity contribution in [2.24, 2.45) is 0 Å². The number of carboxylic acids is 2. The number of ether oxygens (including phenoxy) is 1. The Morgan fingerprint density at radius 3 is 2.30 bits per heavy atom. The second-order valence-corrected chi connectivity index (χ2v) is 4.63. The number of allylic oxidation sites excluding steroid dienone is 2. The SMILES string of the molecule is C=C1CCC(C)=C1Oc1ccc(C(=O)O)c(C(=O)O)c1. The van der Waals surface area contributed by atoms with Crippen LogP contribution in [0.25, 0.3) is 0 Å². The fraction of sp³-hybridized carbons (Fsp3) is 0.200. The minimum atomic E-state index is -1.30. The Hall–Kier alpha value is -2.56. The number of rotatable bonds is 4. The zero-order chi connectivity index (χ0) is 14.9. The highest BCUT2D eigenvalue weighted by atomic mass is 16.5. The summed E-state index contributed by atoms with van der Waals surface area (Å²) in [5.41, 5.74) is 1.36. The second kappa shape index (κ2) is 5.21. The highest BCUT2D eigenvalue weighted by Gasteiger charge is 2.20. The van der Waals surface area contributed by atoms with Gasteiger partial charge in [0.25, 0.3) is 0 Å². The normalized spacial score (nSPS) is 14.6. The maximum absolute atomic E-state index is 11.1. The van der Waals surface area contributed by atoms with E-state index < -0.39 is 11.9 Å². The van der Waals surface area contributed by atoms with Crippen LogP contribution >= 0.6 is 0 Å². The van der Waals surface area contributed by atoms with Crippen LogP contribution in [-0.4, -0.2) is 22.2 Å². The summed E-state index contributed by atoms with van der Waals surface area (Å²) in [6, 6.07) is 3.90. The molecule has 0 bridgehead atoms. The summed E-state index contributed by atoms with van der Waals surface area (Å²) in [6.45, 7) is 5.82. The smallest absolute Gasteiger partial charge is 0.336 e. The molecule has 1 aromatic carbocycles. The molecule has 1 aliphatic carbocycles. The number of hydrogen-bond acceptors (Lipinski definition) is 3. The lowest BCUT2D eigenvalue weighted by atomic mass is 10.1. The molecule has 0 saturated heterocycles. The standard InChI is InChI=1S/C15H14O5/c1-8-3-4-9(2)13(8)20-10-5-6-11(14(16)17)12(7-10)15(18)19/h5-7H,1,3-4H2,2H3,(H,16,17)(H,18,19). The molecule has 20 heavy (non-hydrogen) atoms. The van der Waals surface area contributed by atoms with Crippen LogP contribution in [-0.2, 0) is 0 Å². The van der Waals surface area contributed by atoms with Gasteiger partial charge in [-0.25, -0.2) is 9.59 Å². The van der Waals surface area contributed by atoms with Crippen molar-refractivity contribution < 1.29 is 24.5 Å². The molecule has 5 nitrogen and oxygen atoms in total. The molecule has 0 fully saturated rings. The molecule has 0 atom stereocenters. The highest BCUT2D eigenvalue weighted by Crippen LogP contribution is 2.32. The third kappa shape index (κ3) is 2.56. The van der Waals surface area contributed by atoms with E-state index in [1.54, 1.807) is 0 Å². The van der Waals surface area contributed by atoms with Gasteiger partial charge >= 0.3 is 11.9 Å². The van der Waals surface area contributed by atoms with Crippen LogP contribution in [0, 0.1) is 0 Å². The molecular formula is C15H14O5. The summed E-state index contributed by atoms with van der Waals surface area (Å²) in [6.07, 6.45) is 1.69. The van der Waals surface area contributed by atoms with E-state index in [-0.39, 0.29) is 11.1 Å². The molecule has 2 rings (SSSR count). The van der Waals surface area contributed by atoms with E-state index in [2.05, 4.69) is 6.58 Å². The maximum atomic E-state index is 11.1. The summed E-state index contributed by atoms with van der Waals surface area (Å²) < 4.78 is 5.65. The molecule has 0 aromatic heterocycles. The van der Waals surface area contributed by atoms with Crippen LogP contribution < -0.4 is 4.74 Å². The summed E-state index contributed by atoms with van der Waals surface area (Å²) in [5, 5.41) is 18.0. The van der Waals surface area contributed by atoms with E-state index in [1.807, 2.05) is 6.92 Å². The Labute approximate surface area is 115 Å². The van der Waals surface area contributed by atoms with E-state index >= 15 is 0 Å². The molecule has 0 unspecified atom stereocenters. The van der Waals surface area contributed by atoms with Crippen molar-refractivity contribution in [2.75, 3.05) is 0 Å². The van der Waals surface area contributed by atoms with Crippen molar-refractivity contribution >= 4 is 11.9 Å². The van der Waals surface area contributed by atoms with Gasteiger partial charge in [-0.2, -0.15) is 0 Å². The van der Waals surface area contributed by atoms with Crippen LogP contribution in [0.3, 0.4) is 0 Å². The molecule has 0 saturated carbocycles. The van der Waals surface area contributed by atoms with E-state index in [0.717, 1.165) is 24.0 Å². The molecule has 1 aliphatic rings. The first kappa shape index (κ1) is 13.9. The van der Waals surface area contributed by atoms with E-state index in [9.17, 15) is 9.59 Å². The molecule has 0 aliphatic heterocycles. The summed E-state index contributed by atoms with van der Waals surface area (Å²) in [7, 11) is 0. The maximum Gasteiger partial charge on any atom is 0.336 e. The molecule has 104 valence electrons. The minimum Gasteiger partial charge on any atom is -0.478 e. The van der Waals surface area contributed by atoms with Crippen molar-refractivity contribution in [1.29, 1.82) is 0 Å². The quantitative estimate of drug-likeness (QED) is 0.881. The van der Waals surface area contributed by atoms with E-state index in [1.165, 1.54) is 18.2 Å². The largest absolute Gasteiger partial charge is 0.478 e. The molecule has 0 amide bonds. The Bertz CT molecular complexity index is 640. The van der Waals surface area contributed by atoms with Gasteiger partial charge in [0.1, 0.15) is 11.5 Å². The first-order valence-corrected chi connectivity index (χ1v) is 6.06. The fourth-order valence-electron chi connectivity index (χ4n) is 2.09. The first-order valence-electron chi connectivity index (χ1n) is 6.06. The Kier molecular flexibility index (Phi) is 3.61. The average molecular weight is 274 g/mol. The lowest BCUT2D eigenvalue weighted by Crippen LogP contribution is -2.08. The molecule has 0 spiro atoms. The lowest BCUT2D eigenvalue weighted by Gasteiger charge is -2.11. The summed E-state index contributed by atoms with van der Waals surface area (Å²) in [5.74, 6) is -1.63. The van der Waals surface area contributed by atoms with Gasteiger partial charge in [-0.3, -0.25) is 0 Å². The fourth-order valence-corrected chi connectivity index (χ4v) is 2.09. The Balaban J connectivity index is 2.37. The van der Waals surface area contributed by atoms with E-state index in [0.29, 0.717) is 11.5 Å². The van der Waals surface area contributed by atoms with Crippen molar-refractivity contribution in [3.8, 4) is 5.75 Å². The number of hydrogen-bond donors (Lipinski definition) is 2. The van der Waals surface area contributed by atoms with Gasteiger partial charge in [0.05, 0.1) is 11.1 Å². The second-order valence-electron chi connectivity index (χ2n) is 4.63. The number of benzene rings is 1. The molecule has 1 aromatic rings. The Morgan fingerprint density at radius 2 is 1.80 bits per heavy atom. The van der Waals surface area contributed by atoms with Crippen LogP contribution in [0.15, 0.2) is 41.7 Å². The summed E-state index contributed by atoms with van der Waals surface area (Å²) >= 11 is 0. The summed E-state index contributed by atoms with van der Waals surface area (Å²) in [4.78, 5) is 22.1. The Morgan fingerprint density at radius 1 is 1.15 bits per heavy atom. The zero-order valence-electron chi connectivity index (χ0n) is 11.0. The van der Waals surface area contributed by atoms with Crippen LogP contribution in [0.2, 0.25) is 0 Å². The first-order chi connectivity index (χ1) is 9.40. The van der Waals surface area contributed by atoms with Crippen LogP contribution in [0.4, 0.5) is 0 Å². The molecule has 5 heteroatoms. The van der Waals surface area contributed by atoms with Gasteiger partial charge in [-0.05, 0) is 49.1 Å². The molecule has 2 N–H and O–H groups in total. The molecular weight excluding hydrogens is 260 g/mol. The lowest BCUT2D eigenvalue weighted by molar-refractivity contribution is 0.0651. The van der Waals surface area contributed by atoms with Crippen LogP contribution in [0.1, 0.15) is 40.5 Å². The predicted molar refractivity (Wildman–Crippen MR) is 72.1 cm³/mol. The number of carbonyl (C=O) groups is 2. The highest BCUT2D eigenvalue weighted by molar-refractivity contribution is 6.02. The van der Waals surface area contributed by atoms with Gasteiger partial charge in [0, 0.05) is 0 Å². The minimum absolute atomic E-state index is 0.263. The van der Waals surface area contributed by atoms with Crippen molar-refractivity contribution in [3.05, 3.63) is 52.8 Å². The van der Waals surface area contributed by atoms with E-state index in [4.69, 9.17) is 14.9 Å². The zero-order valence-corrected chi connectivity index (χ0v) is 11.0. The average Bonchev–Trinajstić information content (AvgIpc) is 2.70. The topological polar surface area (TPSA) is 83.8 Å². The van der Waals surface area contributed by atoms with Crippen molar-refractivity contribution in [2.45, 2.75) is 19.8 Å². The molecule has 0 radical (unpaired) electrons.